The normalized spacial score (nSPS) is 14.1. The number of aromatic nitrogens is 6. The lowest BCUT2D eigenvalue weighted by molar-refractivity contribution is 0.325. The number of nitrogens with zero attached hydrogens (tertiary/aromatic N) is 6. The first-order valence-corrected chi connectivity index (χ1v) is 12.2. The fourth-order valence-electron chi connectivity index (χ4n) is 4.74. The van der Waals surface area contributed by atoms with Gasteiger partial charge in [0.25, 0.3) is 0 Å². The lowest BCUT2D eigenvalue weighted by Gasteiger charge is -2.16. The van der Waals surface area contributed by atoms with Gasteiger partial charge in [-0.1, -0.05) is 18.2 Å². The fraction of sp³-hybridized carbons (Fsp3) is 0.259. The van der Waals surface area contributed by atoms with Crippen LogP contribution in [0.5, 0.6) is 0 Å². The minimum Gasteiger partial charge on any atom is -0.375 e. The molecule has 6 rings (SSSR count). The van der Waals surface area contributed by atoms with Crippen molar-refractivity contribution in [2.75, 3.05) is 18.4 Å². The van der Waals surface area contributed by atoms with Gasteiger partial charge in [0.2, 0.25) is 0 Å². The van der Waals surface area contributed by atoms with Crippen LogP contribution in [0.15, 0.2) is 61.1 Å². The molecule has 1 saturated heterocycles. The summed E-state index contributed by atoms with van der Waals surface area (Å²) in [4.78, 5) is 19.5. The number of rotatable bonds is 7. The predicted molar refractivity (Wildman–Crippen MR) is 137 cm³/mol. The first kappa shape index (κ1) is 22.4. The lowest BCUT2D eigenvalue weighted by atomic mass is 10.1. The molecular weight excluding hydrogens is 455 g/mol. The number of anilines is 1. The van der Waals surface area contributed by atoms with Gasteiger partial charge in [0.1, 0.15) is 12.2 Å². The molecule has 0 aliphatic carbocycles. The van der Waals surface area contributed by atoms with Crippen molar-refractivity contribution in [1.82, 2.24) is 34.4 Å². The van der Waals surface area contributed by atoms with Gasteiger partial charge in [-0.15, -0.1) is 0 Å². The summed E-state index contributed by atoms with van der Waals surface area (Å²) in [5.41, 5.74) is 6.10. The fourth-order valence-corrected chi connectivity index (χ4v) is 4.74. The van der Waals surface area contributed by atoms with E-state index in [9.17, 15) is 0 Å². The van der Waals surface area contributed by atoms with Crippen molar-refractivity contribution < 1.29 is 4.39 Å². The second-order valence-electron chi connectivity index (χ2n) is 9.17. The van der Waals surface area contributed by atoms with Gasteiger partial charge >= 0.3 is 0 Å². The average Bonchev–Trinajstić information content (AvgIpc) is 3.65. The number of benzene rings is 1. The number of nitrogens with one attached hydrogen (secondary N) is 2. The van der Waals surface area contributed by atoms with Crippen LogP contribution in [0.3, 0.4) is 0 Å². The summed E-state index contributed by atoms with van der Waals surface area (Å²) < 4.78 is 17.0. The van der Waals surface area contributed by atoms with E-state index in [0.29, 0.717) is 30.2 Å². The molecule has 8 nitrogen and oxygen atoms in total. The van der Waals surface area contributed by atoms with E-state index in [1.54, 1.807) is 10.6 Å². The number of hydrogen-bond acceptors (Lipinski definition) is 6. The number of hydrogen-bond donors (Lipinski definition) is 2. The molecule has 0 atom stereocenters. The van der Waals surface area contributed by atoms with Crippen molar-refractivity contribution >= 4 is 11.3 Å². The van der Waals surface area contributed by atoms with Crippen molar-refractivity contribution in [3.8, 4) is 22.6 Å². The molecule has 4 aromatic heterocycles. The third-order valence-corrected chi connectivity index (χ3v) is 6.56. The Balaban J connectivity index is 1.30. The molecule has 1 aromatic carbocycles. The van der Waals surface area contributed by atoms with Crippen LogP contribution in [0.2, 0.25) is 0 Å². The Morgan fingerprint density at radius 1 is 1.03 bits per heavy atom. The number of halogens is 1. The van der Waals surface area contributed by atoms with Crippen LogP contribution < -0.4 is 5.32 Å². The average molecular weight is 483 g/mol. The lowest BCUT2D eigenvalue weighted by Crippen LogP contribution is -2.19. The molecule has 2 N–H and O–H groups in total. The van der Waals surface area contributed by atoms with Crippen LogP contribution in [-0.4, -0.2) is 47.5 Å². The molecule has 0 radical (unpaired) electrons. The zero-order valence-corrected chi connectivity index (χ0v) is 20.1. The van der Waals surface area contributed by atoms with Crippen molar-refractivity contribution in [2.24, 2.45) is 0 Å². The third-order valence-electron chi connectivity index (χ3n) is 6.56. The number of pyridine rings is 2. The van der Waals surface area contributed by atoms with Crippen molar-refractivity contribution in [3.05, 3.63) is 84.0 Å². The highest BCUT2D eigenvalue weighted by Crippen LogP contribution is 2.30. The number of likely N-dealkylation sites (tertiary alicyclic amines) is 1. The summed E-state index contributed by atoms with van der Waals surface area (Å²) in [6, 6.07) is 15.3. The van der Waals surface area contributed by atoms with Gasteiger partial charge in [-0.2, -0.15) is 5.10 Å². The molecule has 1 fully saturated rings. The Kier molecular flexibility index (Phi) is 5.90. The van der Waals surface area contributed by atoms with E-state index in [-0.39, 0.29) is 5.82 Å². The molecule has 0 unspecified atom stereocenters. The van der Waals surface area contributed by atoms with E-state index < -0.39 is 0 Å². The van der Waals surface area contributed by atoms with Crippen molar-refractivity contribution in [2.45, 2.75) is 32.9 Å². The number of imidazole rings is 1. The minimum atomic E-state index is -0.201. The maximum atomic E-state index is 15.3. The van der Waals surface area contributed by atoms with Gasteiger partial charge in [0, 0.05) is 29.6 Å². The second-order valence-corrected chi connectivity index (χ2v) is 9.17. The topological polar surface area (TPSA) is 87.0 Å². The highest BCUT2D eigenvalue weighted by atomic mass is 19.1. The molecule has 1 aliphatic rings. The number of H-pyrrole nitrogens is 1. The number of aromatic amines is 1. The highest BCUT2D eigenvalue weighted by Gasteiger charge is 2.18. The molecule has 5 heterocycles. The van der Waals surface area contributed by atoms with Crippen LogP contribution in [0.1, 0.15) is 29.9 Å². The molecule has 182 valence electrons. The summed E-state index contributed by atoms with van der Waals surface area (Å²) >= 11 is 0. The Morgan fingerprint density at radius 2 is 1.89 bits per heavy atom. The molecular formula is C27H27FN8. The summed E-state index contributed by atoms with van der Waals surface area (Å²) in [5, 5.41) is 7.49. The second kappa shape index (κ2) is 9.50. The van der Waals surface area contributed by atoms with Gasteiger partial charge in [-0.05, 0) is 63.2 Å². The standard InChI is InChI=1S/C27H27FN8/c1-18-6-4-9-22(32-18)27-26(20-10-11-24-30-17-31-36(24)16-20)33-23(34-27)14-29-21-8-5-7-19(25(21)28)15-35-12-2-3-13-35/h4-11,16-17,29H,2-3,12-15H2,1H3,(H,33,34). The maximum Gasteiger partial charge on any atom is 0.155 e. The first-order chi connectivity index (χ1) is 17.6. The van der Waals surface area contributed by atoms with Gasteiger partial charge < -0.3 is 10.3 Å². The van der Waals surface area contributed by atoms with E-state index in [1.165, 1.54) is 19.2 Å². The minimum absolute atomic E-state index is 0.201. The SMILES string of the molecule is Cc1cccc(-c2[nH]c(CNc3cccc(CN4CCCC4)c3F)nc2-c2ccc3ncnn3c2)n1. The zero-order valence-electron chi connectivity index (χ0n) is 20.1. The number of aryl methyl sites for hydroxylation is 1. The van der Waals surface area contributed by atoms with Crippen molar-refractivity contribution in [1.29, 1.82) is 0 Å². The summed E-state index contributed by atoms with van der Waals surface area (Å²) in [5.74, 6) is 0.486. The quantitative estimate of drug-likeness (QED) is 0.345. The molecule has 0 saturated carbocycles. The summed E-state index contributed by atoms with van der Waals surface area (Å²) in [7, 11) is 0. The molecule has 5 aromatic rings. The van der Waals surface area contributed by atoms with Crippen LogP contribution in [0.4, 0.5) is 10.1 Å². The smallest absolute Gasteiger partial charge is 0.155 e. The highest BCUT2D eigenvalue weighted by molar-refractivity contribution is 5.77. The Bertz CT molecular complexity index is 1520. The summed E-state index contributed by atoms with van der Waals surface area (Å²) in [6.45, 7) is 5.00. The number of fused-ring (bicyclic) bond motifs is 1. The maximum absolute atomic E-state index is 15.3. The monoisotopic (exact) mass is 482 g/mol. The zero-order chi connectivity index (χ0) is 24.5. The van der Waals surface area contributed by atoms with E-state index in [0.717, 1.165) is 47.1 Å². The molecule has 1 aliphatic heterocycles. The van der Waals surface area contributed by atoms with Crippen LogP contribution in [0, 0.1) is 12.7 Å². The van der Waals surface area contributed by atoms with Crippen LogP contribution in [-0.2, 0) is 13.1 Å². The predicted octanol–water partition coefficient (Wildman–Crippen LogP) is 4.84. The molecule has 36 heavy (non-hydrogen) atoms. The van der Waals surface area contributed by atoms with E-state index >= 15 is 4.39 Å². The van der Waals surface area contributed by atoms with Crippen molar-refractivity contribution in [3.63, 3.8) is 0 Å². The Hall–Kier alpha value is -4.11. The Morgan fingerprint density at radius 3 is 2.75 bits per heavy atom. The molecule has 0 amide bonds. The van der Waals surface area contributed by atoms with Gasteiger partial charge in [-0.3, -0.25) is 9.88 Å². The molecule has 0 spiro atoms. The Labute approximate surface area is 208 Å². The first-order valence-electron chi connectivity index (χ1n) is 12.2. The van der Waals surface area contributed by atoms with Gasteiger partial charge in [-0.25, -0.2) is 18.9 Å². The largest absolute Gasteiger partial charge is 0.375 e. The van der Waals surface area contributed by atoms with Crippen LogP contribution >= 0.6 is 0 Å². The van der Waals surface area contributed by atoms with Gasteiger partial charge in [0.05, 0.1) is 29.3 Å². The molecule has 9 heteroatoms. The van der Waals surface area contributed by atoms with Crippen LogP contribution in [0.25, 0.3) is 28.3 Å². The van der Waals surface area contributed by atoms with E-state index in [2.05, 4.69) is 25.3 Å². The summed E-state index contributed by atoms with van der Waals surface area (Å²) in [6.07, 6.45) is 5.79. The van der Waals surface area contributed by atoms with E-state index in [1.807, 2.05) is 55.6 Å². The van der Waals surface area contributed by atoms with E-state index in [4.69, 9.17) is 9.97 Å². The molecule has 0 bridgehead atoms. The third kappa shape index (κ3) is 4.45. The van der Waals surface area contributed by atoms with Gasteiger partial charge in [0.15, 0.2) is 11.5 Å².